The summed E-state index contributed by atoms with van der Waals surface area (Å²) in [5.41, 5.74) is 1.41. The molecule has 0 saturated carbocycles. The summed E-state index contributed by atoms with van der Waals surface area (Å²) in [5.74, 6) is -0.337. The number of hydrogen-bond acceptors (Lipinski definition) is 3. The minimum Gasteiger partial charge on any atom is -0.494 e. The van der Waals surface area contributed by atoms with Crippen molar-refractivity contribution in [2.45, 2.75) is 19.9 Å². The molecule has 5 heteroatoms. The van der Waals surface area contributed by atoms with Crippen LogP contribution in [0.25, 0.3) is 0 Å². The molecule has 0 aliphatic rings. The SMILES string of the molecule is COc1ccc([C@H](C)NC(=O)c2occc2C)cc1F. The number of halogens is 1. The average molecular weight is 277 g/mol. The van der Waals surface area contributed by atoms with Gasteiger partial charge in [-0.2, -0.15) is 0 Å². The van der Waals surface area contributed by atoms with E-state index < -0.39 is 5.82 Å². The first kappa shape index (κ1) is 14.1. The Balaban J connectivity index is 2.12. The van der Waals surface area contributed by atoms with Gasteiger partial charge in [0.05, 0.1) is 19.4 Å². The first-order chi connectivity index (χ1) is 9.52. The maximum atomic E-state index is 13.6. The van der Waals surface area contributed by atoms with Gasteiger partial charge < -0.3 is 14.5 Å². The highest BCUT2D eigenvalue weighted by Crippen LogP contribution is 2.22. The molecule has 0 bridgehead atoms. The van der Waals surface area contributed by atoms with E-state index in [2.05, 4.69) is 5.32 Å². The Morgan fingerprint density at radius 1 is 1.40 bits per heavy atom. The van der Waals surface area contributed by atoms with Gasteiger partial charge in [0.1, 0.15) is 0 Å². The molecule has 20 heavy (non-hydrogen) atoms. The van der Waals surface area contributed by atoms with Gasteiger partial charge in [-0.3, -0.25) is 4.79 Å². The fourth-order valence-corrected chi connectivity index (χ4v) is 1.90. The van der Waals surface area contributed by atoms with Crippen LogP contribution in [0.15, 0.2) is 34.9 Å². The second-order valence-corrected chi connectivity index (χ2v) is 4.52. The standard InChI is InChI=1S/C15H16FNO3/c1-9-6-7-20-14(9)15(18)17-10(2)11-4-5-13(19-3)12(16)8-11/h4-8,10H,1-3H3,(H,17,18)/t10-/m0/s1. The number of ether oxygens (including phenoxy) is 1. The van der Waals surface area contributed by atoms with E-state index in [4.69, 9.17) is 9.15 Å². The highest BCUT2D eigenvalue weighted by atomic mass is 19.1. The summed E-state index contributed by atoms with van der Waals surface area (Å²) >= 11 is 0. The first-order valence-corrected chi connectivity index (χ1v) is 6.21. The molecule has 0 spiro atoms. The third kappa shape index (κ3) is 2.82. The van der Waals surface area contributed by atoms with Crippen LogP contribution >= 0.6 is 0 Å². The molecule has 2 rings (SSSR count). The topological polar surface area (TPSA) is 51.5 Å². The molecule has 2 aromatic rings. The van der Waals surface area contributed by atoms with Gasteiger partial charge in [0, 0.05) is 5.56 Å². The number of aryl methyl sites for hydroxylation is 1. The Kier molecular flexibility index (Phi) is 4.08. The fraction of sp³-hybridized carbons (Fsp3) is 0.267. The molecular weight excluding hydrogens is 261 g/mol. The molecule has 0 unspecified atom stereocenters. The number of carbonyl (C=O) groups excluding carboxylic acids is 1. The molecule has 106 valence electrons. The maximum Gasteiger partial charge on any atom is 0.287 e. The van der Waals surface area contributed by atoms with Gasteiger partial charge in [-0.05, 0) is 37.6 Å². The van der Waals surface area contributed by atoms with Crippen LogP contribution < -0.4 is 10.1 Å². The highest BCUT2D eigenvalue weighted by Gasteiger charge is 2.17. The van der Waals surface area contributed by atoms with Crippen LogP contribution in [0.1, 0.15) is 34.6 Å². The molecule has 4 nitrogen and oxygen atoms in total. The van der Waals surface area contributed by atoms with Crippen LogP contribution in [0.3, 0.4) is 0 Å². The lowest BCUT2D eigenvalue weighted by molar-refractivity contribution is 0.0911. The molecule has 1 heterocycles. The Labute approximate surface area is 116 Å². The maximum absolute atomic E-state index is 13.6. The van der Waals surface area contributed by atoms with Crippen molar-refractivity contribution >= 4 is 5.91 Å². The first-order valence-electron chi connectivity index (χ1n) is 6.21. The van der Waals surface area contributed by atoms with Crippen molar-refractivity contribution in [1.82, 2.24) is 5.32 Å². The van der Waals surface area contributed by atoms with Crippen molar-refractivity contribution < 1.29 is 18.3 Å². The molecule has 1 amide bonds. The average Bonchev–Trinajstić information content (AvgIpc) is 2.84. The Hall–Kier alpha value is -2.30. The summed E-state index contributed by atoms with van der Waals surface area (Å²) in [4.78, 5) is 12.0. The quantitative estimate of drug-likeness (QED) is 0.933. The lowest BCUT2D eigenvalue weighted by atomic mass is 10.1. The van der Waals surface area contributed by atoms with E-state index in [1.54, 1.807) is 26.0 Å². The van der Waals surface area contributed by atoms with Gasteiger partial charge in [0.25, 0.3) is 5.91 Å². The number of methoxy groups -OCH3 is 1. The van der Waals surface area contributed by atoms with Gasteiger partial charge in [-0.15, -0.1) is 0 Å². The van der Waals surface area contributed by atoms with Gasteiger partial charge >= 0.3 is 0 Å². The second kappa shape index (κ2) is 5.77. The summed E-state index contributed by atoms with van der Waals surface area (Å²) in [6.45, 7) is 3.56. The normalized spacial score (nSPS) is 12.0. The van der Waals surface area contributed by atoms with Gasteiger partial charge in [0.2, 0.25) is 0 Å². The molecule has 1 atom stereocenters. The van der Waals surface area contributed by atoms with Crippen molar-refractivity contribution in [3.63, 3.8) is 0 Å². The monoisotopic (exact) mass is 277 g/mol. The molecule has 0 fully saturated rings. The highest BCUT2D eigenvalue weighted by molar-refractivity contribution is 5.93. The zero-order valence-electron chi connectivity index (χ0n) is 11.6. The molecule has 0 aliphatic heterocycles. The Morgan fingerprint density at radius 3 is 2.70 bits per heavy atom. The van der Waals surface area contributed by atoms with Crippen molar-refractivity contribution in [3.05, 3.63) is 53.2 Å². The number of benzene rings is 1. The number of hydrogen-bond donors (Lipinski definition) is 1. The predicted molar refractivity (Wildman–Crippen MR) is 72.3 cm³/mol. The third-order valence-corrected chi connectivity index (χ3v) is 3.09. The predicted octanol–water partition coefficient (Wildman–Crippen LogP) is 3.23. The minimum absolute atomic E-state index is 0.175. The second-order valence-electron chi connectivity index (χ2n) is 4.52. The molecule has 0 aliphatic carbocycles. The lowest BCUT2D eigenvalue weighted by Gasteiger charge is -2.14. The van der Waals surface area contributed by atoms with Crippen molar-refractivity contribution in [2.75, 3.05) is 7.11 Å². The van der Waals surface area contributed by atoms with E-state index in [-0.39, 0.29) is 23.5 Å². The molecule has 1 aromatic heterocycles. The fourth-order valence-electron chi connectivity index (χ4n) is 1.90. The van der Waals surface area contributed by atoms with E-state index in [1.807, 2.05) is 0 Å². The molecule has 0 radical (unpaired) electrons. The van der Waals surface area contributed by atoms with Crippen LogP contribution in [0.5, 0.6) is 5.75 Å². The number of amides is 1. The van der Waals surface area contributed by atoms with Crippen LogP contribution in [0.4, 0.5) is 4.39 Å². The summed E-state index contributed by atoms with van der Waals surface area (Å²) in [6, 6.07) is 5.96. The van der Waals surface area contributed by atoms with Gasteiger partial charge in [-0.1, -0.05) is 6.07 Å². The Morgan fingerprint density at radius 2 is 2.15 bits per heavy atom. The summed E-state index contributed by atoms with van der Waals surface area (Å²) < 4.78 is 23.6. The largest absolute Gasteiger partial charge is 0.494 e. The number of rotatable bonds is 4. The molecule has 0 saturated heterocycles. The van der Waals surface area contributed by atoms with E-state index in [9.17, 15) is 9.18 Å². The summed E-state index contributed by atoms with van der Waals surface area (Å²) in [5, 5.41) is 2.76. The van der Waals surface area contributed by atoms with E-state index in [0.717, 1.165) is 5.56 Å². The number of nitrogens with one attached hydrogen (secondary N) is 1. The van der Waals surface area contributed by atoms with Crippen molar-refractivity contribution in [1.29, 1.82) is 0 Å². The van der Waals surface area contributed by atoms with E-state index in [0.29, 0.717) is 5.56 Å². The van der Waals surface area contributed by atoms with E-state index >= 15 is 0 Å². The van der Waals surface area contributed by atoms with Gasteiger partial charge in [0.15, 0.2) is 17.3 Å². The van der Waals surface area contributed by atoms with Crippen LogP contribution in [0, 0.1) is 12.7 Å². The third-order valence-electron chi connectivity index (χ3n) is 3.09. The summed E-state index contributed by atoms with van der Waals surface area (Å²) in [7, 11) is 1.41. The van der Waals surface area contributed by atoms with Crippen LogP contribution in [-0.4, -0.2) is 13.0 Å². The minimum atomic E-state index is -0.458. The molecule has 1 N–H and O–H groups in total. The zero-order chi connectivity index (χ0) is 14.7. The Bertz CT molecular complexity index is 621. The lowest BCUT2D eigenvalue weighted by Crippen LogP contribution is -2.26. The smallest absolute Gasteiger partial charge is 0.287 e. The summed E-state index contributed by atoms with van der Waals surface area (Å²) in [6.07, 6.45) is 1.46. The number of furan rings is 1. The van der Waals surface area contributed by atoms with Crippen molar-refractivity contribution in [3.8, 4) is 5.75 Å². The van der Waals surface area contributed by atoms with E-state index in [1.165, 1.54) is 25.5 Å². The van der Waals surface area contributed by atoms with Crippen LogP contribution in [0.2, 0.25) is 0 Å². The number of carbonyl (C=O) groups is 1. The van der Waals surface area contributed by atoms with Crippen molar-refractivity contribution in [2.24, 2.45) is 0 Å². The molecular formula is C15H16FNO3. The zero-order valence-corrected chi connectivity index (χ0v) is 11.6. The van der Waals surface area contributed by atoms with Crippen LogP contribution in [-0.2, 0) is 0 Å². The van der Waals surface area contributed by atoms with Gasteiger partial charge in [-0.25, -0.2) is 4.39 Å². The molecule has 1 aromatic carbocycles.